The molecule has 0 radical (unpaired) electrons. The second-order valence-electron chi connectivity index (χ2n) is 9.48. The number of nitrogens with zero attached hydrogens (tertiary/aromatic N) is 3. The van der Waals surface area contributed by atoms with Crippen molar-refractivity contribution in [2.75, 3.05) is 0 Å². The van der Waals surface area contributed by atoms with Crippen molar-refractivity contribution in [1.82, 2.24) is 14.5 Å². The van der Waals surface area contributed by atoms with Crippen molar-refractivity contribution in [3.63, 3.8) is 0 Å². The molecule has 0 bridgehead atoms. The summed E-state index contributed by atoms with van der Waals surface area (Å²) >= 11 is 1.83. The summed E-state index contributed by atoms with van der Waals surface area (Å²) in [5.74, 6) is 0.675. The van der Waals surface area contributed by atoms with E-state index in [4.69, 9.17) is 9.97 Å². The average Bonchev–Trinajstić information content (AvgIpc) is 3.53. The van der Waals surface area contributed by atoms with E-state index in [0.29, 0.717) is 5.95 Å². The van der Waals surface area contributed by atoms with Gasteiger partial charge >= 0.3 is 0 Å². The van der Waals surface area contributed by atoms with Gasteiger partial charge in [-0.15, -0.1) is 11.3 Å². The van der Waals surface area contributed by atoms with Gasteiger partial charge in [-0.05, 0) is 36.4 Å². The summed E-state index contributed by atoms with van der Waals surface area (Å²) in [5, 5.41) is 4.95. The smallest absolute Gasteiger partial charge is 0.235 e. The Morgan fingerprint density at radius 3 is 1.76 bits per heavy atom. The van der Waals surface area contributed by atoms with Crippen molar-refractivity contribution in [2.24, 2.45) is 0 Å². The molecular weight excluding hydrogens is 482 g/mol. The van der Waals surface area contributed by atoms with Gasteiger partial charge in [0, 0.05) is 42.1 Å². The second kappa shape index (κ2) is 8.37. The number of rotatable bonds is 3. The molecule has 0 aliphatic rings. The summed E-state index contributed by atoms with van der Waals surface area (Å²) in [4.78, 5) is 10.3. The van der Waals surface area contributed by atoms with Crippen LogP contribution in [0.1, 0.15) is 0 Å². The molecule has 3 nitrogen and oxygen atoms in total. The van der Waals surface area contributed by atoms with Crippen LogP contribution in [0.4, 0.5) is 0 Å². The van der Waals surface area contributed by atoms with Gasteiger partial charge in [-0.2, -0.15) is 0 Å². The van der Waals surface area contributed by atoms with E-state index in [-0.39, 0.29) is 0 Å². The highest BCUT2D eigenvalue weighted by atomic mass is 32.1. The minimum atomic E-state index is 0.675. The Balaban J connectivity index is 1.43. The van der Waals surface area contributed by atoms with Crippen molar-refractivity contribution in [3.8, 4) is 28.5 Å². The van der Waals surface area contributed by atoms with Gasteiger partial charge in [-0.25, -0.2) is 9.97 Å². The van der Waals surface area contributed by atoms with Crippen molar-refractivity contribution >= 4 is 53.3 Å². The molecule has 0 saturated carbocycles. The Kier molecular flexibility index (Phi) is 4.69. The van der Waals surface area contributed by atoms with Crippen LogP contribution >= 0.6 is 11.3 Å². The number of aromatic nitrogens is 3. The number of hydrogen-bond donors (Lipinski definition) is 0. The topological polar surface area (TPSA) is 30.7 Å². The molecule has 0 aliphatic heterocycles. The van der Waals surface area contributed by atoms with Crippen LogP contribution in [0.15, 0.2) is 127 Å². The minimum Gasteiger partial charge on any atom is -0.278 e. The molecule has 0 saturated heterocycles. The first-order valence-electron chi connectivity index (χ1n) is 12.7. The zero-order chi connectivity index (χ0) is 25.1. The molecule has 178 valence electrons. The van der Waals surface area contributed by atoms with Crippen molar-refractivity contribution in [1.29, 1.82) is 0 Å². The third-order valence-corrected chi connectivity index (χ3v) is 8.39. The van der Waals surface area contributed by atoms with Crippen LogP contribution in [0.25, 0.3) is 70.4 Å². The van der Waals surface area contributed by atoms with E-state index < -0.39 is 0 Å². The quantitative estimate of drug-likeness (QED) is 0.240. The van der Waals surface area contributed by atoms with Crippen LogP contribution in [0.5, 0.6) is 0 Å². The molecule has 38 heavy (non-hydrogen) atoms. The fourth-order valence-corrected chi connectivity index (χ4v) is 6.55. The van der Waals surface area contributed by atoms with E-state index >= 15 is 0 Å². The molecule has 3 heterocycles. The molecule has 0 amide bonds. The Labute approximate surface area is 223 Å². The van der Waals surface area contributed by atoms with E-state index in [9.17, 15) is 0 Å². The first-order chi connectivity index (χ1) is 18.8. The highest BCUT2D eigenvalue weighted by Gasteiger charge is 2.17. The van der Waals surface area contributed by atoms with Crippen LogP contribution in [-0.4, -0.2) is 14.5 Å². The Morgan fingerprint density at radius 2 is 1.03 bits per heavy atom. The molecule has 8 aromatic rings. The van der Waals surface area contributed by atoms with Crippen molar-refractivity contribution in [2.45, 2.75) is 0 Å². The van der Waals surface area contributed by atoms with E-state index in [1.54, 1.807) is 0 Å². The lowest BCUT2D eigenvalue weighted by atomic mass is 10.0. The normalized spacial score (nSPS) is 11.7. The Bertz CT molecular complexity index is 2080. The monoisotopic (exact) mass is 503 g/mol. The Morgan fingerprint density at radius 1 is 0.447 bits per heavy atom. The molecule has 8 rings (SSSR count). The van der Waals surface area contributed by atoms with Crippen LogP contribution in [0.2, 0.25) is 0 Å². The highest BCUT2D eigenvalue weighted by Crippen LogP contribution is 2.37. The third kappa shape index (κ3) is 3.28. The summed E-state index contributed by atoms with van der Waals surface area (Å²) in [6, 6.07) is 44.8. The molecule has 0 N–H and O–H groups in total. The van der Waals surface area contributed by atoms with Gasteiger partial charge < -0.3 is 0 Å². The maximum absolute atomic E-state index is 5.20. The number of fused-ring (bicyclic) bond motifs is 6. The number of benzene rings is 5. The SMILES string of the molecule is c1ccc(-c2cc(-c3ccc4sc5ccccc5c4c3)nc(-n3c4ccccc4c4ccccc43)n2)cc1. The summed E-state index contributed by atoms with van der Waals surface area (Å²) in [6.45, 7) is 0. The molecule has 4 heteroatoms. The van der Waals surface area contributed by atoms with Gasteiger partial charge in [0.15, 0.2) is 0 Å². The minimum absolute atomic E-state index is 0.675. The van der Waals surface area contributed by atoms with E-state index in [2.05, 4.69) is 126 Å². The standard InChI is InChI=1S/C34H21N3S/c1-2-10-22(11-3-1)28-21-29(23-18-19-33-27(20-23)26-14-6-9-17-32(26)38-33)36-34(35-28)37-30-15-7-4-12-24(30)25-13-5-8-16-31(25)37/h1-21H. The summed E-state index contributed by atoms with van der Waals surface area (Å²) in [5.41, 5.74) is 6.17. The number of hydrogen-bond acceptors (Lipinski definition) is 3. The molecule has 0 unspecified atom stereocenters. The van der Waals surface area contributed by atoms with Crippen LogP contribution in [0, 0.1) is 0 Å². The predicted octanol–water partition coefficient (Wildman–Crippen LogP) is 9.28. The summed E-state index contributed by atoms with van der Waals surface area (Å²) < 4.78 is 4.78. The zero-order valence-corrected chi connectivity index (χ0v) is 21.2. The fraction of sp³-hybridized carbons (Fsp3) is 0. The predicted molar refractivity (Wildman–Crippen MR) is 160 cm³/mol. The Hall–Kier alpha value is -4.80. The number of para-hydroxylation sites is 2. The molecule has 0 aliphatic carbocycles. The second-order valence-corrected chi connectivity index (χ2v) is 10.6. The van der Waals surface area contributed by atoms with E-state index in [1.165, 1.54) is 30.9 Å². The molecule has 5 aromatic carbocycles. The summed E-state index contributed by atoms with van der Waals surface area (Å²) in [7, 11) is 0. The highest BCUT2D eigenvalue weighted by molar-refractivity contribution is 7.25. The lowest BCUT2D eigenvalue weighted by molar-refractivity contribution is 0.996. The van der Waals surface area contributed by atoms with Gasteiger partial charge in [-0.1, -0.05) is 91.0 Å². The van der Waals surface area contributed by atoms with Crippen LogP contribution < -0.4 is 0 Å². The first kappa shape index (κ1) is 21.3. The van der Waals surface area contributed by atoms with Crippen molar-refractivity contribution < 1.29 is 0 Å². The van der Waals surface area contributed by atoms with Gasteiger partial charge in [0.25, 0.3) is 0 Å². The maximum Gasteiger partial charge on any atom is 0.235 e. The molecule has 0 spiro atoms. The lowest BCUT2D eigenvalue weighted by Gasteiger charge is -2.12. The van der Waals surface area contributed by atoms with Gasteiger partial charge in [0.05, 0.1) is 22.4 Å². The van der Waals surface area contributed by atoms with Gasteiger partial charge in [0.2, 0.25) is 5.95 Å². The zero-order valence-electron chi connectivity index (χ0n) is 20.4. The largest absolute Gasteiger partial charge is 0.278 e. The van der Waals surface area contributed by atoms with E-state index in [0.717, 1.165) is 33.5 Å². The first-order valence-corrected chi connectivity index (χ1v) is 13.5. The maximum atomic E-state index is 5.20. The molecule has 0 atom stereocenters. The van der Waals surface area contributed by atoms with Crippen molar-refractivity contribution in [3.05, 3.63) is 127 Å². The van der Waals surface area contributed by atoms with Crippen LogP contribution in [-0.2, 0) is 0 Å². The van der Waals surface area contributed by atoms with Crippen LogP contribution in [0.3, 0.4) is 0 Å². The lowest BCUT2D eigenvalue weighted by Crippen LogP contribution is -2.03. The van der Waals surface area contributed by atoms with E-state index in [1.807, 2.05) is 17.4 Å². The fourth-order valence-electron chi connectivity index (χ4n) is 5.46. The van der Waals surface area contributed by atoms with Gasteiger partial charge in [-0.3, -0.25) is 4.57 Å². The van der Waals surface area contributed by atoms with Gasteiger partial charge in [0.1, 0.15) is 0 Å². The summed E-state index contributed by atoms with van der Waals surface area (Å²) in [6.07, 6.45) is 0. The average molecular weight is 504 g/mol. The number of thiophene rings is 1. The molecular formula is C34H21N3S. The third-order valence-electron chi connectivity index (χ3n) is 7.24. The molecule has 3 aromatic heterocycles. The molecule has 0 fully saturated rings.